The van der Waals surface area contributed by atoms with Crippen molar-refractivity contribution in [2.24, 2.45) is 5.92 Å². The number of hydrogen-bond donors (Lipinski definition) is 2. The lowest BCUT2D eigenvalue weighted by molar-refractivity contribution is -0.132. The minimum atomic E-state index is -2.89. The Balaban J connectivity index is 1.27. The molecule has 1 saturated carbocycles. The van der Waals surface area contributed by atoms with E-state index in [2.05, 4.69) is 10.3 Å². The van der Waals surface area contributed by atoms with Crippen LogP contribution < -0.4 is 10.2 Å². The number of aryl methyl sites for hydroxylation is 1. The quantitative estimate of drug-likeness (QED) is 0.430. The summed E-state index contributed by atoms with van der Waals surface area (Å²) in [5.74, 6) is -0.831. The Bertz CT molecular complexity index is 1380. The van der Waals surface area contributed by atoms with Gasteiger partial charge in [0.25, 0.3) is 18.2 Å². The molecule has 1 aromatic heterocycles. The number of halogens is 3. The molecule has 38 heavy (non-hydrogen) atoms. The lowest BCUT2D eigenvalue weighted by Gasteiger charge is -2.32. The molecular formula is C29H28ClF2N3O3. The van der Waals surface area contributed by atoms with Crippen molar-refractivity contribution in [1.82, 2.24) is 10.3 Å². The predicted molar refractivity (Wildman–Crippen MR) is 140 cm³/mol. The van der Waals surface area contributed by atoms with E-state index in [0.29, 0.717) is 36.2 Å². The molecule has 0 saturated heterocycles. The number of carbonyl (C=O) groups excluding carboxylic acids is 2. The molecular weight excluding hydrogens is 512 g/mol. The third kappa shape index (κ3) is 4.78. The highest BCUT2D eigenvalue weighted by Gasteiger charge is 2.51. The number of pyridine rings is 1. The number of rotatable bonds is 6. The van der Waals surface area contributed by atoms with Crippen LogP contribution in [0.2, 0.25) is 5.02 Å². The van der Waals surface area contributed by atoms with Crippen LogP contribution in [0.5, 0.6) is 0 Å². The summed E-state index contributed by atoms with van der Waals surface area (Å²) in [5.41, 5.74) is 0.210. The van der Waals surface area contributed by atoms with Gasteiger partial charge in [-0.1, -0.05) is 59.6 Å². The number of nitrogens with zero attached hydrogens (tertiary/aromatic N) is 2. The van der Waals surface area contributed by atoms with E-state index in [9.17, 15) is 23.5 Å². The second-order valence-electron chi connectivity index (χ2n) is 10.1. The van der Waals surface area contributed by atoms with E-state index in [0.717, 1.165) is 24.6 Å². The first kappa shape index (κ1) is 26.3. The van der Waals surface area contributed by atoms with Gasteiger partial charge in [0.1, 0.15) is 5.69 Å². The first-order valence-electron chi connectivity index (χ1n) is 12.6. The minimum absolute atomic E-state index is 0.115. The van der Waals surface area contributed by atoms with E-state index < -0.39 is 23.6 Å². The van der Waals surface area contributed by atoms with Gasteiger partial charge in [0.05, 0.1) is 16.3 Å². The van der Waals surface area contributed by atoms with Crippen molar-refractivity contribution in [2.75, 3.05) is 11.4 Å². The standard InChI is InChI=1S/C29H28ClF2N3O3/c1-17-5-4-6-19(13-17)29(38)23-7-2-3-8-24(23)35(28(29)37)16-18-9-11-21(12-10-18)34-27(36)22-14-20(30)15-33-25(22)26(31)32/h2-8,13-15,18,21,26,38H,9-12,16H2,1H3,(H,34,36)/t18-,21-,29?. The van der Waals surface area contributed by atoms with Crippen LogP contribution in [-0.2, 0) is 10.4 Å². The number of anilines is 1. The van der Waals surface area contributed by atoms with Crippen molar-refractivity contribution >= 4 is 29.1 Å². The van der Waals surface area contributed by atoms with Gasteiger partial charge in [0.15, 0.2) is 5.60 Å². The molecule has 9 heteroatoms. The monoisotopic (exact) mass is 539 g/mol. The van der Waals surface area contributed by atoms with Gasteiger partial charge in [-0.25, -0.2) is 8.78 Å². The van der Waals surface area contributed by atoms with Crippen molar-refractivity contribution < 1.29 is 23.5 Å². The van der Waals surface area contributed by atoms with Crippen molar-refractivity contribution in [3.63, 3.8) is 0 Å². The number of nitrogens with one attached hydrogen (secondary N) is 1. The zero-order valence-corrected chi connectivity index (χ0v) is 21.6. The molecule has 1 aliphatic carbocycles. The normalized spacial score (nSPS) is 23.0. The molecule has 2 heterocycles. The Morgan fingerprint density at radius 3 is 2.61 bits per heavy atom. The molecule has 2 amide bonds. The third-order valence-electron chi connectivity index (χ3n) is 7.53. The van der Waals surface area contributed by atoms with E-state index in [1.54, 1.807) is 17.0 Å². The van der Waals surface area contributed by atoms with Crippen LogP contribution in [0.1, 0.15) is 64.9 Å². The highest BCUT2D eigenvalue weighted by Crippen LogP contribution is 2.45. The lowest BCUT2D eigenvalue weighted by atomic mass is 9.85. The zero-order chi connectivity index (χ0) is 27.0. The number of fused-ring (bicyclic) bond motifs is 1. The highest BCUT2D eigenvalue weighted by atomic mass is 35.5. The average molecular weight is 540 g/mol. The summed E-state index contributed by atoms with van der Waals surface area (Å²) in [6, 6.07) is 15.7. The number of para-hydroxylation sites is 1. The van der Waals surface area contributed by atoms with Crippen LogP contribution in [0, 0.1) is 12.8 Å². The van der Waals surface area contributed by atoms with Crippen molar-refractivity contribution in [3.8, 4) is 0 Å². The zero-order valence-electron chi connectivity index (χ0n) is 20.8. The first-order valence-corrected chi connectivity index (χ1v) is 13.0. The molecule has 5 rings (SSSR count). The number of aliphatic hydroxyl groups is 1. The van der Waals surface area contributed by atoms with Crippen LogP contribution >= 0.6 is 11.6 Å². The number of alkyl halides is 2. The van der Waals surface area contributed by atoms with E-state index >= 15 is 0 Å². The molecule has 1 unspecified atom stereocenters. The first-order chi connectivity index (χ1) is 18.2. The maximum atomic E-state index is 13.7. The van der Waals surface area contributed by atoms with Crippen molar-refractivity contribution in [3.05, 3.63) is 93.8 Å². The molecule has 0 bridgehead atoms. The Labute approximate surface area is 224 Å². The molecule has 6 nitrogen and oxygen atoms in total. The molecule has 2 aliphatic rings. The van der Waals surface area contributed by atoms with E-state index in [1.165, 1.54) is 6.07 Å². The van der Waals surface area contributed by atoms with Crippen molar-refractivity contribution in [1.29, 1.82) is 0 Å². The minimum Gasteiger partial charge on any atom is -0.372 e. The van der Waals surface area contributed by atoms with Gasteiger partial charge in [-0.05, 0) is 56.2 Å². The van der Waals surface area contributed by atoms with E-state index in [4.69, 9.17) is 11.6 Å². The largest absolute Gasteiger partial charge is 0.372 e. The summed E-state index contributed by atoms with van der Waals surface area (Å²) in [6.07, 6.45) is 0.955. The number of carbonyl (C=O) groups is 2. The Hall–Kier alpha value is -3.36. The molecule has 2 aromatic carbocycles. The van der Waals surface area contributed by atoms with Gasteiger partial charge in [0.2, 0.25) is 0 Å². The van der Waals surface area contributed by atoms with Gasteiger partial charge in [-0.2, -0.15) is 0 Å². The molecule has 3 aromatic rings. The number of aromatic nitrogens is 1. The van der Waals surface area contributed by atoms with Gasteiger partial charge < -0.3 is 15.3 Å². The smallest absolute Gasteiger partial charge is 0.281 e. The fourth-order valence-electron chi connectivity index (χ4n) is 5.58. The average Bonchev–Trinajstić information content (AvgIpc) is 3.12. The topological polar surface area (TPSA) is 82.5 Å². The molecule has 1 fully saturated rings. The summed E-state index contributed by atoms with van der Waals surface area (Å²) >= 11 is 5.89. The highest BCUT2D eigenvalue weighted by molar-refractivity contribution is 6.30. The van der Waals surface area contributed by atoms with Crippen LogP contribution in [0.15, 0.2) is 60.8 Å². The van der Waals surface area contributed by atoms with Gasteiger partial charge in [-0.3, -0.25) is 14.6 Å². The second-order valence-corrected chi connectivity index (χ2v) is 10.5. The second kappa shape index (κ2) is 10.4. The van der Waals surface area contributed by atoms with Crippen LogP contribution in [-0.4, -0.2) is 34.5 Å². The third-order valence-corrected chi connectivity index (χ3v) is 7.74. The molecule has 0 spiro atoms. The Morgan fingerprint density at radius 1 is 1.16 bits per heavy atom. The van der Waals surface area contributed by atoms with Gasteiger partial charge >= 0.3 is 0 Å². The fraction of sp³-hybridized carbons (Fsp3) is 0.345. The fourth-order valence-corrected chi connectivity index (χ4v) is 5.74. The summed E-state index contributed by atoms with van der Waals surface area (Å²) in [6.45, 7) is 2.36. The number of hydrogen-bond acceptors (Lipinski definition) is 4. The van der Waals surface area contributed by atoms with E-state index in [1.807, 2.05) is 43.3 Å². The van der Waals surface area contributed by atoms with Crippen LogP contribution in [0.4, 0.5) is 14.5 Å². The van der Waals surface area contributed by atoms with E-state index in [-0.39, 0.29) is 28.5 Å². The molecule has 1 aliphatic heterocycles. The molecule has 2 N–H and O–H groups in total. The summed E-state index contributed by atoms with van der Waals surface area (Å²) < 4.78 is 26.7. The molecule has 1 atom stereocenters. The summed E-state index contributed by atoms with van der Waals surface area (Å²) in [7, 11) is 0. The number of amides is 2. The van der Waals surface area contributed by atoms with Gasteiger partial charge in [-0.15, -0.1) is 0 Å². The van der Waals surface area contributed by atoms with Gasteiger partial charge in [0, 0.05) is 24.3 Å². The Kier molecular flexibility index (Phi) is 7.20. The lowest BCUT2D eigenvalue weighted by Crippen LogP contribution is -2.44. The maximum absolute atomic E-state index is 13.7. The maximum Gasteiger partial charge on any atom is 0.281 e. The SMILES string of the molecule is Cc1cccc(C2(O)C(=O)N(C[C@H]3CC[C@H](NC(=O)c4cc(Cl)cnc4C(F)F)CC3)c3ccccc32)c1. The molecule has 0 radical (unpaired) electrons. The Morgan fingerprint density at radius 2 is 1.89 bits per heavy atom. The summed E-state index contributed by atoms with van der Waals surface area (Å²) in [5, 5.41) is 14.7. The predicted octanol–water partition coefficient (Wildman–Crippen LogP) is 5.55. The van der Waals surface area contributed by atoms with Crippen LogP contribution in [0.25, 0.3) is 0 Å². The summed E-state index contributed by atoms with van der Waals surface area (Å²) in [4.78, 5) is 31.7. The van der Waals surface area contributed by atoms with Crippen LogP contribution in [0.3, 0.4) is 0 Å². The molecule has 198 valence electrons. The number of benzene rings is 2. The van der Waals surface area contributed by atoms with Crippen molar-refractivity contribution in [2.45, 2.75) is 50.7 Å².